The van der Waals surface area contributed by atoms with Gasteiger partial charge in [0.15, 0.2) is 0 Å². The molecule has 17 heavy (non-hydrogen) atoms. The van der Waals surface area contributed by atoms with Crippen LogP contribution < -0.4 is 0 Å². The molecule has 1 heterocycles. The van der Waals surface area contributed by atoms with Gasteiger partial charge < -0.3 is 4.90 Å². The van der Waals surface area contributed by atoms with Crippen LogP contribution in [0, 0.1) is 5.41 Å². The topological polar surface area (TPSA) is 20.3 Å². The zero-order valence-electron chi connectivity index (χ0n) is 8.99. The Balaban J connectivity index is 2.01. The van der Waals surface area contributed by atoms with Crippen molar-refractivity contribution in [3.63, 3.8) is 0 Å². The van der Waals surface area contributed by atoms with Crippen LogP contribution in [0.4, 0.5) is 22.0 Å². The van der Waals surface area contributed by atoms with Crippen LogP contribution in [0.1, 0.15) is 25.7 Å². The molecule has 0 unspecified atom stereocenters. The minimum absolute atomic E-state index is 0.00447. The molecule has 7 heteroatoms. The predicted molar refractivity (Wildman–Crippen MR) is 48.5 cm³/mol. The first-order valence-corrected chi connectivity index (χ1v) is 5.42. The molecule has 1 saturated heterocycles. The Morgan fingerprint density at radius 2 is 1.41 bits per heavy atom. The average Bonchev–Trinajstić information content (AvgIpc) is 2.96. The van der Waals surface area contributed by atoms with Gasteiger partial charge in [0.25, 0.3) is 0 Å². The maximum atomic E-state index is 12.8. The normalized spacial score (nSPS) is 23.9. The van der Waals surface area contributed by atoms with E-state index in [9.17, 15) is 26.7 Å². The van der Waals surface area contributed by atoms with Crippen molar-refractivity contribution in [2.75, 3.05) is 13.1 Å². The van der Waals surface area contributed by atoms with E-state index < -0.39 is 18.0 Å². The van der Waals surface area contributed by atoms with Crippen LogP contribution in [-0.2, 0) is 4.79 Å². The van der Waals surface area contributed by atoms with Crippen molar-refractivity contribution in [1.82, 2.24) is 4.90 Å². The number of likely N-dealkylation sites (tertiary alicyclic amines) is 1. The molecule has 0 aromatic carbocycles. The lowest BCUT2D eigenvalue weighted by Crippen LogP contribution is -2.54. The molecule has 98 valence electrons. The number of carbonyl (C=O) groups is 1. The molecule has 1 aliphatic heterocycles. The second kappa shape index (κ2) is 3.55. The Bertz CT molecular complexity index is 324. The molecule has 2 rings (SSSR count). The first-order valence-electron chi connectivity index (χ1n) is 5.42. The molecule has 1 amide bonds. The van der Waals surface area contributed by atoms with Gasteiger partial charge in [-0.15, -0.1) is 0 Å². The van der Waals surface area contributed by atoms with Gasteiger partial charge in [-0.05, 0) is 31.1 Å². The average molecular weight is 257 g/mol. The lowest BCUT2D eigenvalue weighted by atomic mass is 9.93. The van der Waals surface area contributed by atoms with Crippen molar-refractivity contribution < 1.29 is 26.7 Å². The molecule has 0 bridgehead atoms. The second-order valence-corrected chi connectivity index (χ2v) is 4.86. The summed E-state index contributed by atoms with van der Waals surface area (Å²) in [6.07, 6.45) is -2.76. The quantitative estimate of drug-likeness (QED) is 0.661. The molecular weight excluding hydrogens is 245 g/mol. The highest BCUT2D eigenvalue weighted by Gasteiger charge is 2.65. The highest BCUT2D eigenvalue weighted by Crippen LogP contribution is 2.54. The van der Waals surface area contributed by atoms with Crippen LogP contribution >= 0.6 is 0 Å². The van der Waals surface area contributed by atoms with Gasteiger partial charge in [-0.3, -0.25) is 4.79 Å². The van der Waals surface area contributed by atoms with Gasteiger partial charge in [0.1, 0.15) is 0 Å². The van der Waals surface area contributed by atoms with E-state index in [1.807, 2.05) is 0 Å². The van der Waals surface area contributed by atoms with Crippen molar-refractivity contribution in [2.24, 2.45) is 5.41 Å². The number of nitrogens with zero attached hydrogens (tertiary/aromatic N) is 1. The van der Waals surface area contributed by atoms with Gasteiger partial charge in [0.2, 0.25) is 0 Å². The van der Waals surface area contributed by atoms with Crippen LogP contribution in [0.3, 0.4) is 0 Å². The molecule has 1 saturated carbocycles. The monoisotopic (exact) mass is 257 g/mol. The SMILES string of the molecule is O=C(N1CCC2(CC1)CC2)C(F)(F)C(F)(F)F. The van der Waals surface area contributed by atoms with Crippen molar-refractivity contribution >= 4 is 5.91 Å². The Morgan fingerprint density at radius 1 is 0.941 bits per heavy atom. The third-order valence-corrected chi connectivity index (χ3v) is 3.69. The van der Waals surface area contributed by atoms with E-state index in [-0.39, 0.29) is 18.5 Å². The van der Waals surface area contributed by atoms with Gasteiger partial charge in [-0.1, -0.05) is 0 Å². The number of hydrogen-bond acceptors (Lipinski definition) is 1. The molecule has 2 nitrogen and oxygen atoms in total. The van der Waals surface area contributed by atoms with E-state index in [2.05, 4.69) is 0 Å². The largest absolute Gasteiger partial charge is 0.463 e. The Labute approximate surface area is 94.8 Å². The van der Waals surface area contributed by atoms with Gasteiger partial charge in [0, 0.05) is 13.1 Å². The molecule has 1 aliphatic carbocycles. The van der Waals surface area contributed by atoms with Crippen molar-refractivity contribution in [3.05, 3.63) is 0 Å². The highest BCUT2D eigenvalue weighted by atomic mass is 19.4. The minimum atomic E-state index is -5.81. The van der Waals surface area contributed by atoms with Crippen molar-refractivity contribution in [1.29, 1.82) is 0 Å². The Hall–Kier alpha value is -0.880. The van der Waals surface area contributed by atoms with E-state index in [4.69, 9.17) is 0 Å². The maximum Gasteiger partial charge on any atom is 0.463 e. The van der Waals surface area contributed by atoms with Gasteiger partial charge in [-0.25, -0.2) is 0 Å². The number of hydrogen-bond donors (Lipinski definition) is 0. The third-order valence-electron chi connectivity index (χ3n) is 3.69. The summed E-state index contributed by atoms with van der Waals surface area (Å²) in [4.78, 5) is 11.8. The number of carbonyl (C=O) groups excluding carboxylic acids is 1. The first-order chi connectivity index (χ1) is 7.68. The van der Waals surface area contributed by atoms with Crippen LogP contribution in [0.15, 0.2) is 0 Å². The number of rotatable bonds is 1. The fourth-order valence-corrected chi connectivity index (χ4v) is 2.18. The summed E-state index contributed by atoms with van der Waals surface area (Å²) in [5.41, 5.74) is 0.129. The standard InChI is InChI=1S/C10H12F5NO/c11-9(12,10(13,14)15)7(17)16-5-3-8(1-2-8)4-6-16/h1-6H2. The molecule has 0 aromatic heterocycles. The molecule has 0 radical (unpaired) electrons. The smallest absolute Gasteiger partial charge is 0.337 e. The summed E-state index contributed by atoms with van der Waals surface area (Å²) in [6, 6.07) is 0. The van der Waals surface area contributed by atoms with E-state index in [0.717, 1.165) is 12.8 Å². The first kappa shape index (κ1) is 12.6. The fourth-order valence-electron chi connectivity index (χ4n) is 2.18. The summed E-state index contributed by atoms with van der Waals surface area (Å²) in [7, 11) is 0. The zero-order chi connectivity index (χ0) is 12.9. The number of piperidine rings is 1. The number of halogens is 5. The van der Waals surface area contributed by atoms with E-state index in [1.54, 1.807) is 0 Å². The summed E-state index contributed by atoms with van der Waals surface area (Å²) < 4.78 is 61.6. The minimum Gasteiger partial charge on any atom is -0.337 e. The molecule has 2 fully saturated rings. The summed E-state index contributed by atoms with van der Waals surface area (Å²) in [5.74, 6) is -7.37. The number of alkyl halides is 5. The van der Waals surface area contributed by atoms with Crippen LogP contribution in [-0.4, -0.2) is 36.0 Å². The van der Waals surface area contributed by atoms with Crippen LogP contribution in [0.2, 0.25) is 0 Å². The number of amides is 1. The molecule has 0 atom stereocenters. The summed E-state index contributed by atoms with van der Waals surface area (Å²) >= 11 is 0. The van der Waals surface area contributed by atoms with E-state index >= 15 is 0 Å². The van der Waals surface area contributed by atoms with E-state index in [0.29, 0.717) is 17.7 Å². The van der Waals surface area contributed by atoms with Gasteiger partial charge in [0.05, 0.1) is 0 Å². The van der Waals surface area contributed by atoms with Crippen molar-refractivity contribution in [3.8, 4) is 0 Å². The summed E-state index contributed by atoms with van der Waals surface area (Å²) in [6.45, 7) is 0.00894. The highest BCUT2D eigenvalue weighted by molar-refractivity contribution is 5.84. The van der Waals surface area contributed by atoms with E-state index in [1.165, 1.54) is 0 Å². The van der Waals surface area contributed by atoms with Crippen LogP contribution in [0.25, 0.3) is 0 Å². The van der Waals surface area contributed by atoms with Crippen molar-refractivity contribution in [2.45, 2.75) is 37.8 Å². The molecule has 0 N–H and O–H groups in total. The third kappa shape index (κ3) is 2.11. The van der Waals surface area contributed by atoms with Crippen LogP contribution in [0.5, 0.6) is 0 Å². The Morgan fingerprint density at radius 3 is 1.76 bits per heavy atom. The fraction of sp³-hybridized carbons (Fsp3) is 0.900. The molecule has 1 spiro atoms. The van der Waals surface area contributed by atoms with Gasteiger partial charge in [-0.2, -0.15) is 22.0 Å². The lowest BCUT2D eigenvalue weighted by molar-refractivity contribution is -0.274. The lowest BCUT2D eigenvalue weighted by Gasteiger charge is -2.34. The summed E-state index contributed by atoms with van der Waals surface area (Å²) in [5, 5.41) is 0. The predicted octanol–water partition coefficient (Wildman–Crippen LogP) is 2.59. The second-order valence-electron chi connectivity index (χ2n) is 4.86. The molecular formula is C10H12F5NO. The van der Waals surface area contributed by atoms with Gasteiger partial charge >= 0.3 is 18.0 Å². The Kier molecular flexibility index (Phi) is 2.63. The zero-order valence-corrected chi connectivity index (χ0v) is 8.99. The molecule has 2 aliphatic rings. The maximum absolute atomic E-state index is 12.8. The molecule has 0 aromatic rings.